The lowest BCUT2D eigenvalue weighted by atomic mass is 10.1. The second kappa shape index (κ2) is 3.02. The molecule has 0 aliphatic rings. The van der Waals surface area contributed by atoms with Gasteiger partial charge in [-0.15, -0.1) is 9.60 Å². The summed E-state index contributed by atoms with van der Waals surface area (Å²) in [6.07, 6.45) is 0. The summed E-state index contributed by atoms with van der Waals surface area (Å²) >= 11 is 0. The van der Waals surface area contributed by atoms with Crippen molar-refractivity contribution in [3.05, 3.63) is 0 Å². The molecule has 0 radical (unpaired) electrons. The van der Waals surface area contributed by atoms with Crippen molar-refractivity contribution < 1.29 is 4.48 Å². The van der Waals surface area contributed by atoms with E-state index in [1.54, 1.807) is 0 Å². The number of nitrogens with zero attached hydrogens (tertiary/aromatic N) is 1. The van der Waals surface area contributed by atoms with Gasteiger partial charge in [-0.3, -0.25) is 0 Å². The van der Waals surface area contributed by atoms with Crippen LogP contribution in [-0.2, 0) is 0 Å². The lowest BCUT2D eigenvalue weighted by molar-refractivity contribution is -0.00239. The summed E-state index contributed by atoms with van der Waals surface area (Å²) in [5.74, 6) is 0.394. The fraction of sp³-hybridized carbons (Fsp3) is 1.00. The van der Waals surface area contributed by atoms with Crippen molar-refractivity contribution >= 4 is 0 Å². The third-order valence-corrected chi connectivity index (χ3v) is 1.53. The van der Waals surface area contributed by atoms with Crippen LogP contribution in [0, 0.1) is 5.92 Å². The zero-order chi connectivity index (χ0) is 6.73. The monoisotopic (exact) mass is 119 g/mol. The first-order chi connectivity index (χ1) is 3.55. The number of halogens is 1. The lowest BCUT2D eigenvalue weighted by Gasteiger charge is -2.18. The Bertz CT molecular complexity index is 53.5. The Morgan fingerprint density at radius 2 is 1.62 bits per heavy atom. The zero-order valence-electron chi connectivity index (χ0n) is 5.98. The predicted molar refractivity (Wildman–Crippen MR) is 33.2 cm³/mol. The van der Waals surface area contributed by atoms with E-state index in [4.69, 9.17) is 0 Å². The highest BCUT2D eigenvalue weighted by Gasteiger charge is 2.10. The van der Waals surface area contributed by atoms with Gasteiger partial charge in [0.2, 0.25) is 0 Å². The molecule has 0 rings (SSSR count). The summed E-state index contributed by atoms with van der Waals surface area (Å²) in [6, 6.07) is 0.0370. The summed E-state index contributed by atoms with van der Waals surface area (Å²) in [4.78, 5) is 0. The van der Waals surface area contributed by atoms with Gasteiger partial charge < -0.3 is 0 Å². The van der Waals surface area contributed by atoms with Crippen LogP contribution in [0.1, 0.15) is 20.8 Å². The largest absolute Gasteiger partial charge is 0.146 e. The van der Waals surface area contributed by atoms with E-state index in [-0.39, 0.29) is 6.04 Å². The van der Waals surface area contributed by atoms with Gasteiger partial charge in [0.25, 0.3) is 0 Å². The molecule has 0 spiro atoms. The Kier molecular flexibility index (Phi) is 2.98. The molecule has 0 aromatic carbocycles. The van der Waals surface area contributed by atoms with E-state index in [9.17, 15) is 4.48 Å². The maximum Gasteiger partial charge on any atom is 0.0393 e. The molecule has 0 saturated carbocycles. The quantitative estimate of drug-likeness (QED) is 0.501. The number of hydrogen-bond acceptors (Lipinski definition) is 1. The van der Waals surface area contributed by atoms with E-state index in [2.05, 4.69) is 0 Å². The van der Waals surface area contributed by atoms with Crippen LogP contribution in [-0.4, -0.2) is 18.2 Å². The van der Waals surface area contributed by atoms with Crippen molar-refractivity contribution in [2.24, 2.45) is 5.92 Å². The summed E-state index contributed by atoms with van der Waals surface area (Å²) in [5, 5.41) is 0.741. The van der Waals surface area contributed by atoms with Gasteiger partial charge in [0.1, 0.15) is 0 Å². The van der Waals surface area contributed by atoms with Crippen LogP contribution >= 0.6 is 0 Å². The van der Waals surface area contributed by atoms with Gasteiger partial charge in [0, 0.05) is 13.1 Å². The van der Waals surface area contributed by atoms with Gasteiger partial charge >= 0.3 is 0 Å². The zero-order valence-corrected chi connectivity index (χ0v) is 5.98. The number of rotatable bonds is 2. The molecule has 1 atom stereocenters. The molecule has 0 aliphatic carbocycles. The average Bonchev–Trinajstić information content (AvgIpc) is 1.64. The van der Waals surface area contributed by atoms with Crippen molar-refractivity contribution in [2.45, 2.75) is 26.8 Å². The molecule has 0 N–H and O–H groups in total. The van der Waals surface area contributed by atoms with Crippen molar-refractivity contribution in [2.75, 3.05) is 7.05 Å². The fourth-order valence-corrected chi connectivity index (χ4v) is 0.411. The van der Waals surface area contributed by atoms with E-state index < -0.39 is 0 Å². The molecule has 0 bridgehead atoms. The van der Waals surface area contributed by atoms with Crippen molar-refractivity contribution in [3.63, 3.8) is 0 Å². The molecule has 1 nitrogen and oxygen atoms in total. The van der Waals surface area contributed by atoms with Crippen molar-refractivity contribution in [1.82, 2.24) is 5.12 Å². The molecule has 0 heterocycles. The molecule has 0 aromatic rings. The SMILES string of the molecule is CC(C)C(C)N(C)F. The van der Waals surface area contributed by atoms with Crippen LogP contribution in [0.3, 0.4) is 0 Å². The third-order valence-electron chi connectivity index (χ3n) is 1.53. The molecule has 0 aromatic heterocycles. The van der Waals surface area contributed by atoms with Gasteiger partial charge in [-0.2, -0.15) is 0 Å². The molecule has 0 aliphatic heterocycles. The topological polar surface area (TPSA) is 3.24 Å². The summed E-state index contributed by atoms with van der Waals surface area (Å²) in [5.41, 5.74) is 0. The number of hydrogen-bond donors (Lipinski definition) is 0. The minimum atomic E-state index is 0.0370. The molecule has 0 saturated heterocycles. The summed E-state index contributed by atoms with van der Waals surface area (Å²) < 4.78 is 12.2. The first-order valence-corrected chi connectivity index (χ1v) is 2.94. The third kappa shape index (κ3) is 2.26. The maximum absolute atomic E-state index is 12.2. The molecular weight excluding hydrogens is 105 g/mol. The standard InChI is InChI=1S/C6H14FN/c1-5(2)6(3)8(4)7/h5-6H,1-4H3. The van der Waals surface area contributed by atoms with Crippen LogP contribution in [0.2, 0.25) is 0 Å². The van der Waals surface area contributed by atoms with E-state index in [1.807, 2.05) is 20.8 Å². The van der Waals surface area contributed by atoms with Crippen LogP contribution < -0.4 is 0 Å². The smallest absolute Gasteiger partial charge is 0.0393 e. The van der Waals surface area contributed by atoms with Crippen LogP contribution in [0.15, 0.2) is 0 Å². The Hall–Kier alpha value is -0.110. The Balaban J connectivity index is 3.46. The first-order valence-electron chi connectivity index (χ1n) is 2.94. The molecule has 8 heavy (non-hydrogen) atoms. The molecule has 1 unspecified atom stereocenters. The van der Waals surface area contributed by atoms with Crippen LogP contribution in [0.5, 0.6) is 0 Å². The van der Waals surface area contributed by atoms with E-state index in [0.29, 0.717) is 5.92 Å². The molecule has 2 heteroatoms. The van der Waals surface area contributed by atoms with Crippen molar-refractivity contribution in [3.8, 4) is 0 Å². The molecule has 0 fully saturated rings. The van der Waals surface area contributed by atoms with Gasteiger partial charge in [-0.1, -0.05) is 13.8 Å². The fourth-order valence-electron chi connectivity index (χ4n) is 0.411. The van der Waals surface area contributed by atoms with Crippen LogP contribution in [0.25, 0.3) is 0 Å². The minimum absolute atomic E-state index is 0.0370. The van der Waals surface area contributed by atoms with Gasteiger partial charge in [0.15, 0.2) is 0 Å². The maximum atomic E-state index is 12.2. The summed E-state index contributed by atoms with van der Waals surface area (Å²) in [7, 11) is 1.45. The Labute approximate surface area is 50.4 Å². The highest BCUT2D eigenvalue weighted by atomic mass is 19.2. The second-order valence-corrected chi connectivity index (χ2v) is 2.51. The Morgan fingerprint density at radius 1 is 1.25 bits per heavy atom. The van der Waals surface area contributed by atoms with Gasteiger partial charge in [-0.25, -0.2) is 0 Å². The first kappa shape index (κ1) is 7.89. The van der Waals surface area contributed by atoms with E-state index in [0.717, 1.165) is 5.12 Å². The lowest BCUT2D eigenvalue weighted by Crippen LogP contribution is -2.25. The normalized spacial score (nSPS) is 15.4. The Morgan fingerprint density at radius 3 is 1.62 bits per heavy atom. The highest BCUT2D eigenvalue weighted by Crippen LogP contribution is 2.06. The average molecular weight is 119 g/mol. The molecular formula is C6H14FN. The molecule has 0 amide bonds. The van der Waals surface area contributed by atoms with E-state index in [1.165, 1.54) is 7.05 Å². The minimum Gasteiger partial charge on any atom is -0.146 e. The highest BCUT2D eigenvalue weighted by molar-refractivity contribution is 4.58. The van der Waals surface area contributed by atoms with Crippen LogP contribution in [0.4, 0.5) is 4.48 Å². The molecule has 50 valence electrons. The second-order valence-electron chi connectivity index (χ2n) is 2.51. The predicted octanol–water partition coefficient (Wildman–Crippen LogP) is 1.85. The van der Waals surface area contributed by atoms with Crippen molar-refractivity contribution in [1.29, 1.82) is 0 Å². The van der Waals surface area contributed by atoms with Gasteiger partial charge in [-0.05, 0) is 12.8 Å². The van der Waals surface area contributed by atoms with Gasteiger partial charge in [0.05, 0.1) is 0 Å². The summed E-state index contributed by atoms with van der Waals surface area (Å²) in [6.45, 7) is 5.87. The van der Waals surface area contributed by atoms with E-state index >= 15 is 0 Å².